The maximum Gasteiger partial charge on any atom is 0.0440 e. The van der Waals surface area contributed by atoms with E-state index in [2.05, 4.69) is 23.1 Å². The third-order valence-corrected chi connectivity index (χ3v) is 5.67. The van der Waals surface area contributed by atoms with Crippen molar-refractivity contribution in [2.45, 2.75) is 44.1 Å². The Hall–Kier alpha value is -0.530. The molecule has 0 saturated carbocycles. The van der Waals surface area contributed by atoms with Crippen LogP contribution in [0.15, 0.2) is 18.2 Å². The number of hydrogen-bond acceptors (Lipinski definition) is 1. The molecule has 0 N–H and O–H groups in total. The molecule has 3 unspecified atom stereocenters. The van der Waals surface area contributed by atoms with Crippen LogP contribution in [0.25, 0.3) is 0 Å². The molecule has 1 aromatic carbocycles. The van der Waals surface area contributed by atoms with Crippen LogP contribution in [0.2, 0.25) is 5.02 Å². The van der Waals surface area contributed by atoms with E-state index >= 15 is 0 Å². The Bertz CT molecular complexity index is 468. The third kappa shape index (κ3) is 1.57. The smallest absolute Gasteiger partial charge is 0.0440 e. The quantitative estimate of drug-likeness (QED) is 0.686. The van der Waals surface area contributed by atoms with E-state index in [9.17, 15) is 0 Å². The normalized spacial score (nSPS) is 34.8. The molecule has 0 amide bonds. The van der Waals surface area contributed by atoms with Gasteiger partial charge in [0.1, 0.15) is 0 Å². The van der Waals surface area contributed by atoms with Gasteiger partial charge in [-0.2, -0.15) is 0 Å². The zero-order chi connectivity index (χ0) is 12.1. The van der Waals surface area contributed by atoms with E-state index in [0.29, 0.717) is 0 Å². The molecule has 0 radical (unpaired) electrons. The molecule has 3 aliphatic rings. The van der Waals surface area contributed by atoms with E-state index in [0.717, 1.165) is 22.9 Å². The zero-order valence-corrected chi connectivity index (χ0v) is 11.5. The summed E-state index contributed by atoms with van der Waals surface area (Å²) in [6.07, 6.45) is 6.73. The molecule has 18 heavy (non-hydrogen) atoms. The Morgan fingerprint density at radius 1 is 1.11 bits per heavy atom. The first-order chi connectivity index (χ1) is 8.84. The molecule has 0 aromatic heterocycles. The van der Waals surface area contributed by atoms with E-state index in [1.54, 1.807) is 5.56 Å². The van der Waals surface area contributed by atoms with Gasteiger partial charge in [0.25, 0.3) is 0 Å². The number of fused-ring (bicyclic) bond motifs is 2. The van der Waals surface area contributed by atoms with Gasteiger partial charge in [0.15, 0.2) is 0 Å². The van der Waals surface area contributed by atoms with Crippen LogP contribution in [-0.4, -0.2) is 24.0 Å². The first-order valence-electron chi connectivity index (χ1n) is 7.36. The van der Waals surface area contributed by atoms with Crippen molar-refractivity contribution in [3.8, 4) is 0 Å². The van der Waals surface area contributed by atoms with Crippen LogP contribution >= 0.6 is 11.6 Å². The minimum atomic E-state index is 0.756. The van der Waals surface area contributed by atoms with E-state index in [4.69, 9.17) is 11.6 Å². The highest BCUT2D eigenvalue weighted by Crippen LogP contribution is 2.47. The van der Waals surface area contributed by atoms with Gasteiger partial charge in [0.2, 0.25) is 0 Å². The third-order valence-electron chi connectivity index (χ3n) is 5.32. The molecule has 1 nitrogen and oxygen atoms in total. The first-order valence-corrected chi connectivity index (χ1v) is 7.74. The summed E-state index contributed by atoms with van der Waals surface area (Å²) >= 11 is 6.44. The summed E-state index contributed by atoms with van der Waals surface area (Å²) < 4.78 is 0. The predicted octanol–water partition coefficient (Wildman–Crippen LogP) is 3.85. The molecule has 2 heterocycles. The van der Waals surface area contributed by atoms with Crippen LogP contribution in [0, 0.1) is 5.92 Å². The van der Waals surface area contributed by atoms with Crippen molar-refractivity contribution in [2.75, 3.05) is 13.1 Å². The van der Waals surface area contributed by atoms with Crippen LogP contribution in [0.5, 0.6) is 0 Å². The summed E-state index contributed by atoms with van der Waals surface area (Å²) in [6.45, 7) is 2.65. The highest BCUT2D eigenvalue weighted by molar-refractivity contribution is 6.31. The SMILES string of the molecule is Clc1cccc2c1CC1CCCN3CCCC2C13. The Labute approximate surface area is 114 Å². The van der Waals surface area contributed by atoms with Gasteiger partial charge in [-0.05, 0) is 68.3 Å². The maximum atomic E-state index is 6.44. The highest BCUT2D eigenvalue weighted by atomic mass is 35.5. The van der Waals surface area contributed by atoms with Crippen molar-refractivity contribution < 1.29 is 0 Å². The highest BCUT2D eigenvalue weighted by Gasteiger charge is 2.43. The second-order valence-corrected chi connectivity index (χ2v) is 6.60. The van der Waals surface area contributed by atoms with E-state index < -0.39 is 0 Å². The van der Waals surface area contributed by atoms with Crippen molar-refractivity contribution in [3.63, 3.8) is 0 Å². The number of piperidine rings is 2. The van der Waals surface area contributed by atoms with Gasteiger partial charge in [0, 0.05) is 17.0 Å². The lowest BCUT2D eigenvalue weighted by Gasteiger charge is -2.52. The molecule has 0 spiro atoms. The molecule has 2 saturated heterocycles. The predicted molar refractivity (Wildman–Crippen MR) is 75.2 cm³/mol. The summed E-state index contributed by atoms with van der Waals surface area (Å²) in [5.74, 6) is 1.61. The standard InChI is InChI=1S/C16H20ClN/c17-15-7-1-5-12-13-6-3-9-18-8-2-4-11(16(13)18)10-14(12)15/h1,5,7,11,13,16H,2-4,6,8-10H2. The van der Waals surface area contributed by atoms with Gasteiger partial charge >= 0.3 is 0 Å². The summed E-state index contributed by atoms with van der Waals surface area (Å²) in [4.78, 5) is 2.77. The van der Waals surface area contributed by atoms with Gasteiger partial charge in [-0.1, -0.05) is 23.7 Å². The Morgan fingerprint density at radius 3 is 2.83 bits per heavy atom. The van der Waals surface area contributed by atoms with Crippen molar-refractivity contribution in [2.24, 2.45) is 5.92 Å². The van der Waals surface area contributed by atoms with E-state index in [-0.39, 0.29) is 0 Å². The summed E-state index contributed by atoms with van der Waals surface area (Å²) in [7, 11) is 0. The number of halogens is 1. The Balaban J connectivity index is 1.82. The topological polar surface area (TPSA) is 3.24 Å². The second-order valence-electron chi connectivity index (χ2n) is 6.19. The van der Waals surface area contributed by atoms with E-state index in [1.165, 1.54) is 50.8 Å². The van der Waals surface area contributed by atoms with Crippen molar-refractivity contribution in [1.29, 1.82) is 0 Å². The fourth-order valence-electron chi connectivity index (χ4n) is 4.67. The number of benzene rings is 1. The molecule has 2 fully saturated rings. The van der Waals surface area contributed by atoms with Crippen LogP contribution < -0.4 is 0 Å². The molecular weight excluding hydrogens is 242 g/mol. The van der Waals surface area contributed by atoms with Crippen molar-refractivity contribution >= 4 is 11.6 Å². The fraction of sp³-hybridized carbons (Fsp3) is 0.625. The van der Waals surface area contributed by atoms with Crippen LogP contribution in [0.3, 0.4) is 0 Å². The molecular formula is C16H20ClN. The summed E-state index contributed by atoms with van der Waals surface area (Å²) in [5.41, 5.74) is 3.03. The lowest BCUT2D eigenvalue weighted by Crippen LogP contribution is -2.54. The van der Waals surface area contributed by atoms with Gasteiger partial charge in [-0.15, -0.1) is 0 Å². The molecule has 96 valence electrons. The van der Waals surface area contributed by atoms with Gasteiger partial charge in [-0.3, -0.25) is 4.90 Å². The molecule has 0 bridgehead atoms. The number of nitrogens with zero attached hydrogens (tertiary/aromatic N) is 1. The molecule has 2 aliphatic heterocycles. The maximum absolute atomic E-state index is 6.44. The Kier molecular flexibility index (Phi) is 2.67. The zero-order valence-electron chi connectivity index (χ0n) is 10.7. The number of hydrogen-bond donors (Lipinski definition) is 0. The van der Waals surface area contributed by atoms with Crippen LogP contribution in [0.1, 0.15) is 42.7 Å². The van der Waals surface area contributed by atoms with Crippen LogP contribution in [0.4, 0.5) is 0 Å². The van der Waals surface area contributed by atoms with Crippen molar-refractivity contribution in [1.82, 2.24) is 4.90 Å². The minimum absolute atomic E-state index is 0.756. The average molecular weight is 262 g/mol. The second kappa shape index (κ2) is 4.25. The molecule has 1 aromatic rings. The largest absolute Gasteiger partial charge is 0.299 e. The van der Waals surface area contributed by atoms with E-state index in [1.807, 2.05) is 0 Å². The van der Waals surface area contributed by atoms with Gasteiger partial charge in [-0.25, -0.2) is 0 Å². The molecule has 1 aliphatic carbocycles. The summed E-state index contributed by atoms with van der Waals surface area (Å²) in [5, 5.41) is 1.01. The van der Waals surface area contributed by atoms with Crippen molar-refractivity contribution in [3.05, 3.63) is 34.3 Å². The average Bonchev–Trinajstić information content (AvgIpc) is 2.41. The first kappa shape index (κ1) is 11.3. The lowest BCUT2D eigenvalue weighted by molar-refractivity contribution is 0.0350. The molecule has 3 atom stereocenters. The summed E-state index contributed by atoms with van der Waals surface area (Å²) in [6, 6.07) is 7.37. The van der Waals surface area contributed by atoms with Gasteiger partial charge < -0.3 is 0 Å². The minimum Gasteiger partial charge on any atom is -0.299 e. The molecule has 2 heteroatoms. The monoisotopic (exact) mass is 261 g/mol. The molecule has 4 rings (SSSR count). The van der Waals surface area contributed by atoms with Gasteiger partial charge in [0.05, 0.1) is 0 Å². The fourth-order valence-corrected chi connectivity index (χ4v) is 4.93. The lowest BCUT2D eigenvalue weighted by atomic mass is 9.66. The van der Waals surface area contributed by atoms with Crippen LogP contribution in [-0.2, 0) is 6.42 Å². The number of rotatable bonds is 0. The Morgan fingerprint density at radius 2 is 1.94 bits per heavy atom.